The molecule has 6 nitrogen and oxygen atoms in total. The van der Waals surface area contributed by atoms with Crippen molar-refractivity contribution < 1.29 is 23.8 Å². The zero-order chi connectivity index (χ0) is 13.1. The SMILES string of the molecule is COc1cc(N)cc(C(=O)OC2CCOC2=O)c1. The molecule has 1 aromatic carbocycles. The van der Waals surface area contributed by atoms with E-state index >= 15 is 0 Å². The van der Waals surface area contributed by atoms with Crippen LogP contribution in [0.1, 0.15) is 16.8 Å². The van der Waals surface area contributed by atoms with E-state index in [1.54, 1.807) is 6.07 Å². The molecule has 0 aromatic heterocycles. The molecule has 0 spiro atoms. The van der Waals surface area contributed by atoms with Gasteiger partial charge in [0.2, 0.25) is 6.10 Å². The molecule has 96 valence electrons. The summed E-state index contributed by atoms with van der Waals surface area (Å²) < 4.78 is 14.7. The molecule has 1 unspecified atom stereocenters. The van der Waals surface area contributed by atoms with Crippen LogP contribution in [0, 0.1) is 0 Å². The average Bonchev–Trinajstić information content (AvgIpc) is 2.74. The van der Waals surface area contributed by atoms with Gasteiger partial charge in [0.1, 0.15) is 5.75 Å². The minimum Gasteiger partial charge on any atom is -0.497 e. The van der Waals surface area contributed by atoms with Crippen molar-refractivity contribution in [3.8, 4) is 5.75 Å². The van der Waals surface area contributed by atoms with Gasteiger partial charge in [0.25, 0.3) is 0 Å². The maximum Gasteiger partial charge on any atom is 0.347 e. The Kier molecular flexibility index (Phi) is 3.36. The second kappa shape index (κ2) is 4.95. The fraction of sp³-hybridized carbons (Fsp3) is 0.333. The summed E-state index contributed by atoms with van der Waals surface area (Å²) in [5, 5.41) is 0. The van der Waals surface area contributed by atoms with Gasteiger partial charge in [0.05, 0.1) is 19.3 Å². The third kappa shape index (κ3) is 2.53. The van der Waals surface area contributed by atoms with Crippen LogP contribution in [0.2, 0.25) is 0 Å². The second-order valence-corrected chi connectivity index (χ2v) is 3.84. The Morgan fingerprint density at radius 3 is 2.83 bits per heavy atom. The number of carbonyl (C=O) groups excluding carboxylic acids is 2. The Labute approximate surface area is 104 Å². The molecule has 1 heterocycles. The van der Waals surface area contributed by atoms with Crippen LogP contribution in [-0.4, -0.2) is 31.8 Å². The number of ether oxygens (including phenoxy) is 3. The van der Waals surface area contributed by atoms with E-state index in [0.29, 0.717) is 17.9 Å². The van der Waals surface area contributed by atoms with Gasteiger partial charge in [-0.2, -0.15) is 0 Å². The average molecular weight is 251 g/mol. The van der Waals surface area contributed by atoms with Crippen LogP contribution in [-0.2, 0) is 14.3 Å². The third-order valence-corrected chi connectivity index (χ3v) is 2.54. The number of nitrogens with two attached hydrogens (primary N) is 1. The molecule has 1 aliphatic rings. The van der Waals surface area contributed by atoms with E-state index < -0.39 is 18.0 Å². The van der Waals surface area contributed by atoms with Gasteiger partial charge < -0.3 is 19.9 Å². The van der Waals surface area contributed by atoms with Gasteiger partial charge in [-0.05, 0) is 12.1 Å². The van der Waals surface area contributed by atoms with Crippen molar-refractivity contribution in [2.75, 3.05) is 19.5 Å². The Balaban J connectivity index is 2.13. The standard InChI is InChI=1S/C12H13NO5/c1-16-9-5-7(4-8(13)6-9)11(14)18-10-2-3-17-12(10)15/h4-6,10H,2-3,13H2,1H3. The summed E-state index contributed by atoms with van der Waals surface area (Å²) in [6, 6.07) is 4.55. The summed E-state index contributed by atoms with van der Waals surface area (Å²) >= 11 is 0. The molecule has 0 amide bonds. The van der Waals surface area contributed by atoms with Gasteiger partial charge in [-0.3, -0.25) is 0 Å². The minimum absolute atomic E-state index is 0.242. The van der Waals surface area contributed by atoms with Crippen LogP contribution in [0.25, 0.3) is 0 Å². The zero-order valence-corrected chi connectivity index (χ0v) is 9.84. The smallest absolute Gasteiger partial charge is 0.347 e. The van der Waals surface area contributed by atoms with Crippen LogP contribution >= 0.6 is 0 Å². The Morgan fingerprint density at radius 2 is 2.22 bits per heavy atom. The second-order valence-electron chi connectivity index (χ2n) is 3.84. The van der Waals surface area contributed by atoms with Gasteiger partial charge in [-0.25, -0.2) is 9.59 Å². The third-order valence-electron chi connectivity index (χ3n) is 2.54. The number of nitrogen functional groups attached to an aromatic ring is 1. The number of rotatable bonds is 3. The van der Waals surface area contributed by atoms with Crippen LogP contribution < -0.4 is 10.5 Å². The molecule has 1 aromatic rings. The number of anilines is 1. The molecule has 0 bridgehead atoms. The predicted molar refractivity (Wildman–Crippen MR) is 62.2 cm³/mol. The van der Waals surface area contributed by atoms with Crippen molar-refractivity contribution in [3.63, 3.8) is 0 Å². The fourth-order valence-electron chi connectivity index (χ4n) is 1.64. The fourth-order valence-corrected chi connectivity index (χ4v) is 1.64. The lowest BCUT2D eigenvalue weighted by Crippen LogP contribution is -2.22. The van der Waals surface area contributed by atoms with Crippen molar-refractivity contribution in [3.05, 3.63) is 23.8 Å². The van der Waals surface area contributed by atoms with Gasteiger partial charge in [-0.15, -0.1) is 0 Å². The van der Waals surface area contributed by atoms with E-state index in [-0.39, 0.29) is 12.2 Å². The van der Waals surface area contributed by atoms with Crippen LogP contribution in [0.15, 0.2) is 18.2 Å². The molecule has 0 aliphatic carbocycles. The molecular weight excluding hydrogens is 238 g/mol. The summed E-state index contributed by atoms with van der Waals surface area (Å²) in [7, 11) is 1.47. The lowest BCUT2D eigenvalue weighted by atomic mass is 10.2. The normalized spacial score (nSPS) is 18.3. The maximum absolute atomic E-state index is 11.8. The summed E-state index contributed by atoms with van der Waals surface area (Å²) in [6.07, 6.45) is -0.450. The molecule has 1 fully saturated rings. The Bertz CT molecular complexity index is 485. The van der Waals surface area contributed by atoms with Crippen molar-refractivity contribution in [1.29, 1.82) is 0 Å². The molecule has 2 N–H and O–H groups in total. The first-order valence-corrected chi connectivity index (χ1v) is 5.42. The van der Waals surface area contributed by atoms with Gasteiger partial charge in [-0.1, -0.05) is 0 Å². The maximum atomic E-state index is 11.8. The number of cyclic esters (lactones) is 1. The van der Waals surface area contributed by atoms with Crippen molar-refractivity contribution in [2.24, 2.45) is 0 Å². The molecule has 1 aliphatic heterocycles. The predicted octanol–water partition coefficient (Wildman–Crippen LogP) is 0.750. The van der Waals surface area contributed by atoms with E-state index in [9.17, 15) is 9.59 Å². The summed E-state index contributed by atoms with van der Waals surface area (Å²) in [5.41, 5.74) is 6.26. The monoisotopic (exact) mass is 251 g/mol. The summed E-state index contributed by atoms with van der Waals surface area (Å²) in [6.45, 7) is 0.275. The minimum atomic E-state index is -0.829. The molecule has 1 atom stereocenters. The highest BCUT2D eigenvalue weighted by Crippen LogP contribution is 2.20. The molecule has 0 saturated carbocycles. The lowest BCUT2D eigenvalue weighted by Gasteiger charge is -2.09. The van der Waals surface area contributed by atoms with E-state index in [2.05, 4.69) is 0 Å². The number of carbonyl (C=O) groups is 2. The molecule has 18 heavy (non-hydrogen) atoms. The molecule has 2 rings (SSSR count). The largest absolute Gasteiger partial charge is 0.497 e. The first kappa shape index (κ1) is 12.2. The summed E-state index contributed by atoms with van der Waals surface area (Å²) in [5.74, 6) is -0.681. The van der Waals surface area contributed by atoms with E-state index in [4.69, 9.17) is 19.9 Å². The van der Waals surface area contributed by atoms with Gasteiger partial charge in [0.15, 0.2) is 0 Å². The number of hydrogen-bond donors (Lipinski definition) is 1. The van der Waals surface area contributed by atoms with Crippen LogP contribution in [0.4, 0.5) is 5.69 Å². The zero-order valence-electron chi connectivity index (χ0n) is 9.84. The molecule has 0 radical (unpaired) electrons. The quantitative estimate of drug-likeness (QED) is 0.630. The lowest BCUT2D eigenvalue weighted by molar-refractivity contribution is -0.145. The summed E-state index contributed by atoms with van der Waals surface area (Å²) in [4.78, 5) is 23.0. The first-order valence-electron chi connectivity index (χ1n) is 5.42. The van der Waals surface area contributed by atoms with E-state index in [1.807, 2.05) is 0 Å². The van der Waals surface area contributed by atoms with Gasteiger partial charge >= 0.3 is 11.9 Å². The number of benzene rings is 1. The Morgan fingerprint density at radius 1 is 1.44 bits per heavy atom. The van der Waals surface area contributed by atoms with Crippen LogP contribution in [0.3, 0.4) is 0 Å². The number of esters is 2. The highest BCUT2D eigenvalue weighted by Gasteiger charge is 2.30. The van der Waals surface area contributed by atoms with E-state index in [0.717, 1.165) is 0 Å². The highest BCUT2D eigenvalue weighted by molar-refractivity contribution is 5.93. The molecular formula is C12H13NO5. The first-order chi connectivity index (χ1) is 8.60. The van der Waals surface area contributed by atoms with E-state index in [1.165, 1.54) is 19.2 Å². The van der Waals surface area contributed by atoms with Crippen molar-refractivity contribution >= 4 is 17.6 Å². The molecule has 1 saturated heterocycles. The van der Waals surface area contributed by atoms with Gasteiger partial charge in [0, 0.05) is 18.2 Å². The number of hydrogen-bond acceptors (Lipinski definition) is 6. The topological polar surface area (TPSA) is 87.8 Å². The van der Waals surface area contributed by atoms with Crippen molar-refractivity contribution in [1.82, 2.24) is 0 Å². The molecule has 6 heteroatoms. The van der Waals surface area contributed by atoms with Crippen molar-refractivity contribution in [2.45, 2.75) is 12.5 Å². The Hall–Kier alpha value is -2.24. The number of methoxy groups -OCH3 is 1. The highest BCUT2D eigenvalue weighted by atomic mass is 16.6. The van der Waals surface area contributed by atoms with Crippen LogP contribution in [0.5, 0.6) is 5.75 Å².